The first kappa shape index (κ1) is 13.1. The van der Waals surface area contributed by atoms with Crippen molar-refractivity contribution in [1.82, 2.24) is 0 Å². The van der Waals surface area contributed by atoms with Crippen molar-refractivity contribution in [2.75, 3.05) is 18.1 Å². The summed E-state index contributed by atoms with van der Waals surface area (Å²) in [6.07, 6.45) is 3.14. The lowest BCUT2D eigenvalue weighted by atomic mass is 9.88. The van der Waals surface area contributed by atoms with Crippen molar-refractivity contribution in [2.45, 2.75) is 40.0 Å². The van der Waals surface area contributed by atoms with Crippen LogP contribution in [0.5, 0.6) is 0 Å². The van der Waals surface area contributed by atoms with E-state index in [-0.39, 0.29) is 5.41 Å². The van der Waals surface area contributed by atoms with E-state index >= 15 is 0 Å². The zero-order chi connectivity index (χ0) is 10.3. The Morgan fingerprint density at radius 3 is 2.38 bits per heavy atom. The molecule has 0 saturated heterocycles. The van der Waals surface area contributed by atoms with Gasteiger partial charge in [0.25, 0.3) is 0 Å². The van der Waals surface area contributed by atoms with Gasteiger partial charge >= 0.3 is 0 Å². The van der Waals surface area contributed by atoms with Crippen molar-refractivity contribution in [3.8, 4) is 0 Å². The first-order valence-corrected chi connectivity index (χ1v) is 6.55. The number of hydrogen-bond acceptors (Lipinski definition) is 2. The highest BCUT2D eigenvalue weighted by atomic mass is 32.2. The summed E-state index contributed by atoms with van der Waals surface area (Å²) < 4.78 is 11.3. The second-order valence-corrected chi connectivity index (χ2v) is 6.02. The quantitative estimate of drug-likeness (QED) is 0.690. The Balaban J connectivity index is 3.50. The van der Waals surface area contributed by atoms with Crippen LogP contribution in [0.25, 0.3) is 0 Å². The molecule has 0 aromatic heterocycles. The van der Waals surface area contributed by atoms with Crippen molar-refractivity contribution in [2.24, 2.45) is 11.1 Å². The topological polar surface area (TPSA) is 43.1 Å². The SMILES string of the molecule is CCCS(=O)CCCC(C)(C)CN. The van der Waals surface area contributed by atoms with Crippen LogP contribution in [0, 0.1) is 5.41 Å². The molecule has 0 heterocycles. The van der Waals surface area contributed by atoms with E-state index in [9.17, 15) is 4.21 Å². The molecule has 3 heteroatoms. The molecule has 0 rings (SSSR count). The molecule has 0 spiro atoms. The van der Waals surface area contributed by atoms with Gasteiger partial charge in [0.1, 0.15) is 0 Å². The zero-order valence-corrected chi connectivity index (χ0v) is 9.95. The lowest BCUT2D eigenvalue weighted by Gasteiger charge is -2.21. The van der Waals surface area contributed by atoms with Crippen LogP contribution in [-0.4, -0.2) is 22.3 Å². The molecule has 1 unspecified atom stereocenters. The molecule has 0 aliphatic carbocycles. The lowest BCUT2D eigenvalue weighted by molar-refractivity contribution is 0.344. The lowest BCUT2D eigenvalue weighted by Crippen LogP contribution is -2.24. The third-order valence-electron chi connectivity index (χ3n) is 2.21. The van der Waals surface area contributed by atoms with Gasteiger partial charge in [-0.05, 0) is 31.2 Å². The molecular formula is C10H23NOS. The van der Waals surface area contributed by atoms with Gasteiger partial charge in [-0.3, -0.25) is 4.21 Å². The van der Waals surface area contributed by atoms with Crippen LogP contribution in [-0.2, 0) is 10.8 Å². The second-order valence-electron chi connectivity index (χ2n) is 4.32. The normalized spacial score (nSPS) is 14.5. The van der Waals surface area contributed by atoms with E-state index in [1.54, 1.807) is 0 Å². The predicted molar refractivity (Wildman–Crippen MR) is 60.2 cm³/mol. The summed E-state index contributed by atoms with van der Waals surface area (Å²) in [4.78, 5) is 0. The highest BCUT2D eigenvalue weighted by molar-refractivity contribution is 7.84. The largest absolute Gasteiger partial charge is 0.330 e. The molecular weight excluding hydrogens is 182 g/mol. The van der Waals surface area contributed by atoms with Gasteiger partial charge in [-0.15, -0.1) is 0 Å². The minimum atomic E-state index is -0.598. The van der Waals surface area contributed by atoms with E-state index in [0.29, 0.717) is 6.54 Å². The van der Waals surface area contributed by atoms with E-state index in [4.69, 9.17) is 5.73 Å². The van der Waals surface area contributed by atoms with Crippen LogP contribution < -0.4 is 5.73 Å². The van der Waals surface area contributed by atoms with Gasteiger partial charge in [0.05, 0.1) is 0 Å². The maximum atomic E-state index is 11.3. The molecule has 0 saturated carbocycles. The van der Waals surface area contributed by atoms with E-state index < -0.39 is 10.8 Å². The molecule has 0 aliphatic rings. The van der Waals surface area contributed by atoms with Gasteiger partial charge in [-0.1, -0.05) is 20.8 Å². The minimum absolute atomic E-state index is 0.219. The summed E-state index contributed by atoms with van der Waals surface area (Å²) in [5, 5.41) is 0. The van der Waals surface area contributed by atoms with Crippen LogP contribution in [0.4, 0.5) is 0 Å². The fraction of sp³-hybridized carbons (Fsp3) is 1.00. The molecule has 13 heavy (non-hydrogen) atoms. The van der Waals surface area contributed by atoms with E-state index in [2.05, 4.69) is 20.8 Å². The number of nitrogens with two attached hydrogens (primary N) is 1. The summed E-state index contributed by atoms with van der Waals surface area (Å²) >= 11 is 0. The summed E-state index contributed by atoms with van der Waals surface area (Å²) in [5.41, 5.74) is 5.82. The molecule has 0 aromatic rings. The van der Waals surface area contributed by atoms with E-state index in [0.717, 1.165) is 30.8 Å². The summed E-state index contributed by atoms with van der Waals surface area (Å²) in [7, 11) is -0.598. The van der Waals surface area contributed by atoms with Gasteiger partial charge in [-0.2, -0.15) is 0 Å². The molecule has 0 aliphatic heterocycles. The maximum absolute atomic E-state index is 11.3. The van der Waals surface area contributed by atoms with Crippen LogP contribution in [0.3, 0.4) is 0 Å². The highest BCUT2D eigenvalue weighted by Crippen LogP contribution is 2.20. The Labute approximate surface area is 84.7 Å². The van der Waals surface area contributed by atoms with Crippen molar-refractivity contribution in [3.05, 3.63) is 0 Å². The monoisotopic (exact) mass is 205 g/mol. The smallest absolute Gasteiger partial charge is 0.0235 e. The van der Waals surface area contributed by atoms with Crippen LogP contribution in [0.1, 0.15) is 40.0 Å². The van der Waals surface area contributed by atoms with Gasteiger partial charge in [-0.25, -0.2) is 0 Å². The van der Waals surface area contributed by atoms with Crippen LogP contribution in [0.2, 0.25) is 0 Å². The molecule has 0 bridgehead atoms. The number of rotatable bonds is 7. The first-order valence-electron chi connectivity index (χ1n) is 5.07. The summed E-state index contributed by atoms with van der Waals surface area (Å²) in [6.45, 7) is 7.11. The van der Waals surface area contributed by atoms with Gasteiger partial charge < -0.3 is 5.73 Å². The molecule has 0 fully saturated rings. The predicted octanol–water partition coefficient (Wildman–Crippen LogP) is 1.91. The Morgan fingerprint density at radius 2 is 1.92 bits per heavy atom. The highest BCUT2D eigenvalue weighted by Gasteiger charge is 2.14. The zero-order valence-electron chi connectivity index (χ0n) is 9.14. The molecule has 0 radical (unpaired) electrons. The minimum Gasteiger partial charge on any atom is -0.330 e. The molecule has 0 aromatic carbocycles. The van der Waals surface area contributed by atoms with Gasteiger partial charge in [0, 0.05) is 22.3 Å². The van der Waals surface area contributed by atoms with Crippen molar-refractivity contribution >= 4 is 10.8 Å². The molecule has 2 N–H and O–H groups in total. The Bertz CT molecular complexity index is 157. The molecule has 2 nitrogen and oxygen atoms in total. The number of hydrogen-bond donors (Lipinski definition) is 1. The summed E-state index contributed by atoms with van der Waals surface area (Å²) in [6, 6.07) is 0. The molecule has 80 valence electrons. The van der Waals surface area contributed by atoms with Gasteiger partial charge in [0.15, 0.2) is 0 Å². The standard InChI is InChI=1S/C10H23NOS/c1-4-7-13(12)8-5-6-10(2,3)9-11/h4-9,11H2,1-3H3. The fourth-order valence-electron chi connectivity index (χ4n) is 1.14. The third kappa shape index (κ3) is 7.20. The van der Waals surface area contributed by atoms with Crippen LogP contribution in [0.15, 0.2) is 0 Å². The second kappa shape index (κ2) is 6.55. The first-order chi connectivity index (χ1) is 6.02. The van der Waals surface area contributed by atoms with Crippen LogP contribution >= 0.6 is 0 Å². The maximum Gasteiger partial charge on any atom is 0.0235 e. The Hall–Kier alpha value is 0.110. The molecule has 1 atom stereocenters. The van der Waals surface area contributed by atoms with E-state index in [1.807, 2.05) is 0 Å². The average Bonchev–Trinajstić information content (AvgIpc) is 2.05. The molecule has 0 amide bonds. The summed E-state index contributed by atoms with van der Waals surface area (Å²) in [5.74, 6) is 1.69. The van der Waals surface area contributed by atoms with E-state index in [1.165, 1.54) is 0 Å². The van der Waals surface area contributed by atoms with Crippen molar-refractivity contribution in [3.63, 3.8) is 0 Å². The third-order valence-corrected chi connectivity index (χ3v) is 3.82. The Kier molecular flexibility index (Phi) is 6.60. The Morgan fingerprint density at radius 1 is 1.31 bits per heavy atom. The van der Waals surface area contributed by atoms with Gasteiger partial charge in [0.2, 0.25) is 0 Å². The average molecular weight is 205 g/mol. The van der Waals surface area contributed by atoms with Crippen molar-refractivity contribution in [1.29, 1.82) is 0 Å². The van der Waals surface area contributed by atoms with Crippen molar-refractivity contribution < 1.29 is 4.21 Å². The fourth-order valence-corrected chi connectivity index (χ4v) is 2.27.